The summed E-state index contributed by atoms with van der Waals surface area (Å²) in [6.45, 7) is 9.06. The maximum atomic E-state index is 10.6. The van der Waals surface area contributed by atoms with Gasteiger partial charge in [0.05, 0.1) is 0 Å². The highest BCUT2D eigenvalue weighted by molar-refractivity contribution is 7.59. The maximum absolute atomic E-state index is 10.6. The van der Waals surface area contributed by atoms with Crippen LogP contribution in [0.2, 0.25) is 0 Å². The van der Waals surface area contributed by atoms with Crippen LogP contribution in [0.25, 0.3) is 0 Å². The van der Waals surface area contributed by atoms with E-state index in [0.29, 0.717) is 18.6 Å². The van der Waals surface area contributed by atoms with Gasteiger partial charge in [0.15, 0.2) is 12.3 Å². The second-order valence-electron chi connectivity index (χ2n) is 7.12. The van der Waals surface area contributed by atoms with Crippen LogP contribution in [-0.4, -0.2) is 39.5 Å². The molecule has 0 saturated heterocycles. The summed E-state index contributed by atoms with van der Waals surface area (Å²) >= 11 is 0. The molecule has 0 amide bonds. The lowest BCUT2D eigenvalue weighted by Gasteiger charge is -2.30. The second-order valence-corrected chi connectivity index (χ2v) is 9.11. The minimum Gasteiger partial charge on any atom is -0.295 e. The Bertz CT molecular complexity index is 599. The Balaban J connectivity index is 2.16. The van der Waals surface area contributed by atoms with Gasteiger partial charge in [-0.2, -0.15) is 14.3 Å². The molecule has 0 aliphatic heterocycles. The second kappa shape index (κ2) is 9.59. The summed E-state index contributed by atoms with van der Waals surface area (Å²) in [5.41, 5.74) is 1.83. The molecule has 2 rings (SSSR count). The Hall–Kier alpha value is -1.29. The first-order chi connectivity index (χ1) is 12.3. The molecule has 0 atom stereocenters. The van der Waals surface area contributed by atoms with Crippen LogP contribution in [-0.2, 0) is 4.52 Å². The van der Waals surface area contributed by atoms with E-state index in [1.807, 2.05) is 60.7 Å². The summed E-state index contributed by atoms with van der Waals surface area (Å²) in [6.07, 6.45) is -0.272. The maximum Gasteiger partial charge on any atom is 0.408 e. The zero-order chi connectivity index (χ0) is 19.2. The van der Waals surface area contributed by atoms with Gasteiger partial charge in [-0.05, 0) is 38.8 Å². The van der Waals surface area contributed by atoms with E-state index in [1.54, 1.807) is 0 Å². The summed E-state index contributed by atoms with van der Waals surface area (Å²) in [4.78, 5) is 23.5. The third kappa shape index (κ3) is 6.15. The van der Waals surface area contributed by atoms with E-state index in [2.05, 4.69) is 32.6 Å². The highest BCUT2D eigenvalue weighted by Crippen LogP contribution is 2.55. The van der Waals surface area contributed by atoms with Gasteiger partial charge in [0.2, 0.25) is 0 Å². The Morgan fingerprint density at radius 1 is 0.808 bits per heavy atom. The predicted octanol–water partition coefficient (Wildman–Crippen LogP) is 4.66. The van der Waals surface area contributed by atoms with Gasteiger partial charge in [0, 0.05) is 18.6 Å². The number of rotatable bonds is 9. The van der Waals surface area contributed by atoms with Crippen molar-refractivity contribution in [1.82, 2.24) is 4.90 Å². The molecule has 0 aliphatic carbocycles. The molecule has 26 heavy (non-hydrogen) atoms. The fourth-order valence-electron chi connectivity index (χ4n) is 3.15. The average Bonchev–Trinajstić information content (AvgIpc) is 2.60. The van der Waals surface area contributed by atoms with E-state index in [0.717, 1.165) is 11.1 Å². The lowest BCUT2D eigenvalue weighted by Crippen LogP contribution is -2.39. The summed E-state index contributed by atoms with van der Waals surface area (Å²) in [7, 11) is -3.50. The van der Waals surface area contributed by atoms with Crippen LogP contribution in [0.15, 0.2) is 60.7 Å². The van der Waals surface area contributed by atoms with Gasteiger partial charge in [-0.15, -0.1) is 0 Å². The molecule has 142 valence electrons. The Morgan fingerprint density at radius 2 is 1.23 bits per heavy atom. The lowest BCUT2D eigenvalue weighted by molar-refractivity contribution is 0.159. The third-order valence-corrected chi connectivity index (χ3v) is 5.79. The van der Waals surface area contributed by atoms with E-state index in [-0.39, 0.29) is 6.16 Å². The van der Waals surface area contributed by atoms with Crippen molar-refractivity contribution in [3.8, 4) is 0 Å². The lowest BCUT2D eigenvalue weighted by atomic mass is 10.0. The van der Waals surface area contributed by atoms with Gasteiger partial charge in [-0.25, -0.2) is 0 Å². The first-order valence-electron chi connectivity index (χ1n) is 9.18. The summed E-state index contributed by atoms with van der Waals surface area (Å²) in [6, 6.07) is 20.1. The molecule has 2 N–H and O–H groups in total. The van der Waals surface area contributed by atoms with Crippen molar-refractivity contribution in [3.05, 3.63) is 71.8 Å². The van der Waals surface area contributed by atoms with E-state index in [4.69, 9.17) is 4.52 Å². The first kappa shape index (κ1) is 21.0. The van der Waals surface area contributed by atoms with Gasteiger partial charge in [-0.3, -0.25) is 4.90 Å². The molecule has 0 aliphatic rings. The molecule has 0 spiro atoms. The molecule has 0 unspecified atom stereocenters. The Kier molecular flexibility index (Phi) is 7.75. The number of benzene rings is 2. The summed E-state index contributed by atoms with van der Waals surface area (Å²) < 4.78 is 5.92. The van der Waals surface area contributed by atoms with Crippen LogP contribution < -0.4 is 0 Å². The highest BCUT2D eigenvalue weighted by Gasteiger charge is 2.41. The minimum atomic E-state index is -3.50. The zero-order valence-electron chi connectivity index (χ0n) is 16.1. The van der Waals surface area contributed by atoms with Crippen LogP contribution in [0.5, 0.6) is 0 Å². The normalized spacial score (nSPS) is 12.5. The molecular weight excluding hydrogens is 345 g/mol. The van der Waals surface area contributed by atoms with Crippen LogP contribution in [0.1, 0.15) is 44.9 Å². The predicted molar refractivity (Wildman–Crippen MR) is 109 cm³/mol. The van der Waals surface area contributed by atoms with Crippen LogP contribution in [0, 0.1) is 0 Å². The molecular formula is C21H31NO3P+. The standard InChI is InChI=1S/C21H31NO3P/c1-17(2)22(18(3)4)15-16-26(23,24)25-21(19-11-7-5-8-12-19)20-13-9-6-10-14-20/h5-14,17-18,21,23-24H,15-16H2,1-4H3/q+1. The molecule has 2 aromatic carbocycles. The minimum absolute atomic E-state index is 0.222. The quantitative estimate of drug-likeness (QED) is 0.625. The van der Waals surface area contributed by atoms with Gasteiger partial charge in [-0.1, -0.05) is 60.7 Å². The smallest absolute Gasteiger partial charge is 0.295 e. The van der Waals surface area contributed by atoms with Crippen LogP contribution >= 0.6 is 7.94 Å². The molecule has 0 heterocycles. The summed E-state index contributed by atoms with van der Waals surface area (Å²) in [5.74, 6) is 0. The van der Waals surface area contributed by atoms with Gasteiger partial charge < -0.3 is 0 Å². The van der Waals surface area contributed by atoms with Crippen molar-refractivity contribution in [1.29, 1.82) is 0 Å². The number of hydrogen-bond acceptors (Lipinski definition) is 4. The molecule has 0 aromatic heterocycles. The number of nitrogens with zero attached hydrogens (tertiary/aromatic N) is 1. The fraction of sp³-hybridized carbons (Fsp3) is 0.429. The van der Waals surface area contributed by atoms with Crippen LogP contribution in [0.4, 0.5) is 0 Å². The molecule has 2 aromatic rings. The largest absolute Gasteiger partial charge is 0.408 e. The monoisotopic (exact) mass is 376 g/mol. The first-order valence-corrected chi connectivity index (χ1v) is 11.0. The molecule has 5 heteroatoms. The Labute approximate surface area is 158 Å². The molecule has 4 nitrogen and oxygen atoms in total. The molecule has 0 fully saturated rings. The SMILES string of the molecule is CC(C)N(CC[P+](O)(O)OC(c1ccccc1)c1ccccc1)C(C)C. The van der Waals surface area contributed by atoms with Crippen molar-refractivity contribution in [2.24, 2.45) is 0 Å². The molecule has 0 radical (unpaired) electrons. The number of hydrogen-bond donors (Lipinski definition) is 2. The van der Waals surface area contributed by atoms with E-state index in [9.17, 15) is 9.79 Å². The van der Waals surface area contributed by atoms with Gasteiger partial charge in [0.1, 0.15) is 0 Å². The van der Waals surface area contributed by atoms with Crippen molar-refractivity contribution in [3.63, 3.8) is 0 Å². The molecule has 0 saturated carbocycles. The van der Waals surface area contributed by atoms with Crippen molar-refractivity contribution < 1.29 is 14.3 Å². The van der Waals surface area contributed by atoms with Gasteiger partial charge >= 0.3 is 7.94 Å². The van der Waals surface area contributed by atoms with Crippen molar-refractivity contribution >= 4 is 7.94 Å². The highest BCUT2D eigenvalue weighted by atomic mass is 31.2. The van der Waals surface area contributed by atoms with Crippen LogP contribution in [0.3, 0.4) is 0 Å². The van der Waals surface area contributed by atoms with E-state index in [1.165, 1.54) is 0 Å². The van der Waals surface area contributed by atoms with Crippen molar-refractivity contribution in [2.45, 2.75) is 45.9 Å². The third-order valence-electron chi connectivity index (χ3n) is 4.45. The van der Waals surface area contributed by atoms with Crippen molar-refractivity contribution in [2.75, 3.05) is 12.7 Å². The van der Waals surface area contributed by atoms with Gasteiger partial charge in [0.25, 0.3) is 0 Å². The van der Waals surface area contributed by atoms with E-state index >= 15 is 0 Å². The average molecular weight is 376 g/mol. The summed E-state index contributed by atoms with van der Waals surface area (Å²) in [5, 5.41) is 0. The molecule has 0 bridgehead atoms. The zero-order valence-corrected chi connectivity index (χ0v) is 17.0. The fourth-order valence-corrected chi connectivity index (χ4v) is 4.33. The topological polar surface area (TPSA) is 52.9 Å². The Morgan fingerprint density at radius 3 is 1.62 bits per heavy atom. The van der Waals surface area contributed by atoms with E-state index < -0.39 is 14.0 Å².